The van der Waals surface area contributed by atoms with E-state index in [9.17, 15) is 0 Å². The molecule has 0 saturated carbocycles. The highest BCUT2D eigenvalue weighted by molar-refractivity contribution is 5.76. The standard InChI is InChI=1S/C10H12N4O2/c1-4-5-16-9-7-8(11-6-14(7)2)12-10(13-9)15-3/h4,6H,1,5H2,2-3H3. The predicted octanol–water partition coefficient (Wildman–Crippen LogP) is 0.937. The van der Waals surface area contributed by atoms with E-state index in [1.54, 1.807) is 17.0 Å². The van der Waals surface area contributed by atoms with Crippen molar-refractivity contribution in [2.24, 2.45) is 7.05 Å². The Morgan fingerprint density at radius 1 is 1.50 bits per heavy atom. The molecule has 0 radical (unpaired) electrons. The smallest absolute Gasteiger partial charge is 0.321 e. The molecule has 2 aromatic rings. The van der Waals surface area contributed by atoms with E-state index in [1.165, 1.54) is 7.11 Å². The predicted molar refractivity (Wildman–Crippen MR) is 58.5 cm³/mol. The topological polar surface area (TPSA) is 62.1 Å². The van der Waals surface area contributed by atoms with E-state index in [2.05, 4.69) is 21.5 Å². The van der Waals surface area contributed by atoms with Crippen LogP contribution in [-0.4, -0.2) is 33.2 Å². The first-order chi connectivity index (χ1) is 7.76. The van der Waals surface area contributed by atoms with E-state index < -0.39 is 0 Å². The number of rotatable bonds is 4. The Labute approximate surface area is 92.6 Å². The molecule has 2 heterocycles. The van der Waals surface area contributed by atoms with Gasteiger partial charge in [0, 0.05) is 7.05 Å². The molecule has 2 aromatic heterocycles. The van der Waals surface area contributed by atoms with Crippen molar-refractivity contribution in [1.82, 2.24) is 19.5 Å². The van der Waals surface area contributed by atoms with Crippen LogP contribution in [0.4, 0.5) is 0 Å². The molecule has 0 amide bonds. The van der Waals surface area contributed by atoms with Crippen molar-refractivity contribution in [3.63, 3.8) is 0 Å². The van der Waals surface area contributed by atoms with Gasteiger partial charge < -0.3 is 14.0 Å². The summed E-state index contributed by atoms with van der Waals surface area (Å²) in [7, 11) is 3.35. The van der Waals surface area contributed by atoms with Crippen LogP contribution in [0.25, 0.3) is 11.2 Å². The van der Waals surface area contributed by atoms with E-state index in [4.69, 9.17) is 9.47 Å². The molecule has 0 aliphatic heterocycles. The molecule has 84 valence electrons. The first kappa shape index (κ1) is 10.4. The van der Waals surface area contributed by atoms with Crippen LogP contribution in [0, 0.1) is 0 Å². The molecule has 0 aromatic carbocycles. The third-order valence-corrected chi connectivity index (χ3v) is 2.04. The Bertz CT molecular complexity index is 521. The van der Waals surface area contributed by atoms with Crippen LogP contribution in [0.15, 0.2) is 19.0 Å². The van der Waals surface area contributed by atoms with Gasteiger partial charge in [0.2, 0.25) is 5.88 Å². The monoisotopic (exact) mass is 220 g/mol. The van der Waals surface area contributed by atoms with Gasteiger partial charge in [0.05, 0.1) is 13.4 Å². The summed E-state index contributed by atoms with van der Waals surface area (Å²) in [6.45, 7) is 3.96. The fourth-order valence-corrected chi connectivity index (χ4v) is 1.33. The fourth-order valence-electron chi connectivity index (χ4n) is 1.33. The van der Waals surface area contributed by atoms with Crippen molar-refractivity contribution >= 4 is 11.2 Å². The van der Waals surface area contributed by atoms with Gasteiger partial charge >= 0.3 is 6.01 Å². The minimum absolute atomic E-state index is 0.241. The first-order valence-electron chi connectivity index (χ1n) is 4.73. The lowest BCUT2D eigenvalue weighted by Crippen LogP contribution is -2.02. The molecular formula is C10H12N4O2. The second-order valence-corrected chi connectivity index (χ2v) is 3.14. The van der Waals surface area contributed by atoms with Gasteiger partial charge in [0.1, 0.15) is 6.61 Å². The molecular weight excluding hydrogens is 208 g/mol. The summed E-state index contributed by atoms with van der Waals surface area (Å²) in [6, 6.07) is 0.241. The van der Waals surface area contributed by atoms with Crippen molar-refractivity contribution in [2.75, 3.05) is 13.7 Å². The highest BCUT2D eigenvalue weighted by Gasteiger charge is 2.13. The fraction of sp³-hybridized carbons (Fsp3) is 0.300. The van der Waals surface area contributed by atoms with Crippen LogP contribution in [0.5, 0.6) is 11.9 Å². The van der Waals surface area contributed by atoms with Crippen molar-refractivity contribution in [3.8, 4) is 11.9 Å². The Hall–Kier alpha value is -2.11. The highest BCUT2D eigenvalue weighted by Crippen LogP contribution is 2.23. The van der Waals surface area contributed by atoms with E-state index >= 15 is 0 Å². The Kier molecular flexibility index (Phi) is 2.72. The lowest BCUT2D eigenvalue weighted by Gasteiger charge is -2.06. The summed E-state index contributed by atoms with van der Waals surface area (Å²) in [5.41, 5.74) is 1.29. The SMILES string of the molecule is C=CCOc1nc(OC)nc2ncn(C)c12. The maximum Gasteiger partial charge on any atom is 0.321 e. The second kappa shape index (κ2) is 4.18. The minimum Gasteiger partial charge on any atom is -0.472 e. The van der Waals surface area contributed by atoms with Gasteiger partial charge in [-0.05, 0) is 0 Å². The van der Waals surface area contributed by atoms with Crippen LogP contribution in [-0.2, 0) is 7.05 Å². The van der Waals surface area contributed by atoms with Crippen LogP contribution < -0.4 is 9.47 Å². The van der Waals surface area contributed by atoms with Gasteiger partial charge in [-0.1, -0.05) is 12.7 Å². The van der Waals surface area contributed by atoms with Gasteiger partial charge in [0.25, 0.3) is 0 Å². The van der Waals surface area contributed by atoms with Gasteiger partial charge in [-0.25, -0.2) is 4.98 Å². The highest BCUT2D eigenvalue weighted by atomic mass is 16.5. The van der Waals surface area contributed by atoms with Gasteiger partial charge in [-0.2, -0.15) is 9.97 Å². The molecule has 0 aliphatic carbocycles. The average Bonchev–Trinajstić information content (AvgIpc) is 2.68. The minimum atomic E-state index is 0.241. The van der Waals surface area contributed by atoms with Crippen LogP contribution in [0.3, 0.4) is 0 Å². The molecule has 6 heteroatoms. The van der Waals surface area contributed by atoms with Crippen molar-refractivity contribution in [2.45, 2.75) is 0 Å². The molecule has 0 bridgehead atoms. The number of fused-ring (bicyclic) bond motifs is 1. The summed E-state index contributed by atoms with van der Waals surface area (Å²) in [4.78, 5) is 12.4. The number of aromatic nitrogens is 4. The third kappa shape index (κ3) is 1.69. The molecule has 2 rings (SSSR count). The maximum absolute atomic E-state index is 5.44. The lowest BCUT2D eigenvalue weighted by molar-refractivity contribution is 0.331. The van der Waals surface area contributed by atoms with Crippen LogP contribution in [0.2, 0.25) is 0 Å². The average molecular weight is 220 g/mol. The first-order valence-corrected chi connectivity index (χ1v) is 4.73. The molecule has 0 saturated heterocycles. The molecule has 0 unspecified atom stereocenters. The lowest BCUT2D eigenvalue weighted by atomic mass is 10.5. The largest absolute Gasteiger partial charge is 0.472 e. The van der Waals surface area contributed by atoms with E-state index in [1.807, 2.05) is 7.05 Å². The van der Waals surface area contributed by atoms with Crippen LogP contribution >= 0.6 is 0 Å². The molecule has 0 spiro atoms. The Morgan fingerprint density at radius 2 is 2.31 bits per heavy atom. The summed E-state index contributed by atoms with van der Waals surface area (Å²) >= 11 is 0. The quantitative estimate of drug-likeness (QED) is 0.717. The molecule has 16 heavy (non-hydrogen) atoms. The van der Waals surface area contributed by atoms with Crippen molar-refractivity contribution < 1.29 is 9.47 Å². The summed E-state index contributed by atoms with van der Waals surface area (Å²) in [5, 5.41) is 0. The third-order valence-electron chi connectivity index (χ3n) is 2.04. The number of ether oxygens (including phenoxy) is 2. The van der Waals surface area contributed by atoms with E-state index in [0.717, 1.165) is 5.52 Å². The number of hydrogen-bond acceptors (Lipinski definition) is 5. The Balaban J connectivity index is 2.56. The molecule has 0 aliphatic rings. The summed E-state index contributed by atoms with van der Waals surface area (Å²) in [6.07, 6.45) is 3.30. The van der Waals surface area contributed by atoms with Gasteiger partial charge in [0.15, 0.2) is 11.2 Å². The Morgan fingerprint density at radius 3 is 3.00 bits per heavy atom. The number of methoxy groups -OCH3 is 1. The van der Waals surface area contributed by atoms with Crippen LogP contribution in [0.1, 0.15) is 0 Å². The maximum atomic E-state index is 5.44. The number of aryl methyl sites for hydroxylation is 1. The number of nitrogens with zero attached hydrogens (tertiary/aromatic N) is 4. The number of hydrogen-bond donors (Lipinski definition) is 0. The molecule has 0 N–H and O–H groups in total. The van der Waals surface area contributed by atoms with Crippen molar-refractivity contribution in [3.05, 3.63) is 19.0 Å². The number of imidazole rings is 1. The van der Waals surface area contributed by atoms with E-state index in [-0.39, 0.29) is 6.01 Å². The van der Waals surface area contributed by atoms with Gasteiger partial charge in [-0.15, -0.1) is 0 Å². The van der Waals surface area contributed by atoms with E-state index in [0.29, 0.717) is 18.1 Å². The molecule has 0 atom stereocenters. The zero-order valence-corrected chi connectivity index (χ0v) is 9.17. The summed E-state index contributed by atoms with van der Waals surface area (Å²) in [5.74, 6) is 0.446. The molecule has 0 fully saturated rings. The van der Waals surface area contributed by atoms with Crippen molar-refractivity contribution in [1.29, 1.82) is 0 Å². The normalized spacial score (nSPS) is 10.4. The summed E-state index contributed by atoms with van der Waals surface area (Å²) < 4.78 is 12.2. The van der Waals surface area contributed by atoms with Gasteiger partial charge in [-0.3, -0.25) is 0 Å². The molecule has 6 nitrogen and oxygen atoms in total. The zero-order valence-electron chi connectivity index (χ0n) is 9.17. The second-order valence-electron chi connectivity index (χ2n) is 3.14. The zero-order chi connectivity index (χ0) is 11.5.